The Bertz CT molecular complexity index is 1720. The zero-order valence-electron chi connectivity index (χ0n) is 24.9. The number of nitrogens with one attached hydrogen (secondary N) is 3. The normalized spacial score (nSPS) is 14.2. The highest BCUT2D eigenvalue weighted by Crippen LogP contribution is 2.42. The van der Waals surface area contributed by atoms with Crippen LogP contribution in [0.1, 0.15) is 46.0 Å². The van der Waals surface area contributed by atoms with Gasteiger partial charge in [-0.1, -0.05) is 30.3 Å². The summed E-state index contributed by atoms with van der Waals surface area (Å²) in [5.41, 5.74) is 0.568. The number of benzene rings is 2. The van der Waals surface area contributed by atoms with Gasteiger partial charge in [-0.05, 0) is 38.1 Å². The summed E-state index contributed by atoms with van der Waals surface area (Å²) in [7, 11) is 0. The fourth-order valence-electron chi connectivity index (χ4n) is 4.88. The molecule has 2 aromatic carbocycles. The van der Waals surface area contributed by atoms with E-state index in [1.807, 2.05) is 0 Å². The number of nitrogens with zero attached hydrogens (tertiary/aromatic N) is 2. The van der Waals surface area contributed by atoms with Crippen LogP contribution >= 0.6 is 0 Å². The van der Waals surface area contributed by atoms with E-state index in [4.69, 9.17) is 9.47 Å². The van der Waals surface area contributed by atoms with Gasteiger partial charge in [0.25, 0.3) is 17.5 Å². The van der Waals surface area contributed by atoms with E-state index in [9.17, 15) is 34.4 Å². The summed E-state index contributed by atoms with van der Waals surface area (Å²) >= 11 is 0. The van der Waals surface area contributed by atoms with Crippen LogP contribution in [-0.2, 0) is 19.1 Å². The van der Waals surface area contributed by atoms with Crippen LogP contribution in [0, 0.1) is 10.1 Å². The summed E-state index contributed by atoms with van der Waals surface area (Å²) in [5, 5.41) is 30.0. The van der Waals surface area contributed by atoms with Crippen LogP contribution in [0.25, 0.3) is 0 Å². The van der Waals surface area contributed by atoms with Crippen molar-refractivity contribution in [3.05, 3.63) is 122 Å². The van der Waals surface area contributed by atoms with Crippen LogP contribution < -0.4 is 16.0 Å². The number of allylic oxidation sites excluding steroid dienone is 2. The largest absolute Gasteiger partial charge is 0.507 e. The third kappa shape index (κ3) is 7.72. The average Bonchev–Trinajstić information content (AvgIpc) is 3.04. The van der Waals surface area contributed by atoms with Gasteiger partial charge in [0.15, 0.2) is 0 Å². The highest BCUT2D eigenvalue weighted by molar-refractivity contribution is 6.00. The fourth-order valence-corrected chi connectivity index (χ4v) is 4.88. The van der Waals surface area contributed by atoms with Crippen LogP contribution in [0.4, 0.5) is 5.69 Å². The molecule has 0 fully saturated rings. The zero-order valence-corrected chi connectivity index (χ0v) is 24.9. The second kappa shape index (κ2) is 15.1. The summed E-state index contributed by atoms with van der Waals surface area (Å²) in [4.78, 5) is 67.0. The standard InChI is InChI=1S/C32H31N5O9/c1-19-26(31(41)45-16-14-34-29(39)21-8-7-13-33-18-21)28(22-9-3-5-11-24(22)37(43)44)27(20(2)36-19)32(42)46-17-15-35-30(40)23-10-4-6-12-25(23)38/h3-13,18,28,36,38H,14-17H2,1-2H3,(H,34,39)(H,35,40)/t28-/m1/s1. The van der Waals surface area contributed by atoms with Gasteiger partial charge in [-0.3, -0.25) is 24.7 Å². The van der Waals surface area contributed by atoms with Gasteiger partial charge in [0.1, 0.15) is 19.0 Å². The van der Waals surface area contributed by atoms with Crippen LogP contribution in [0.2, 0.25) is 0 Å². The molecule has 0 saturated carbocycles. The SMILES string of the molecule is CC1=C(C(=O)OCCNC(=O)c2cccnc2)[C@@H](c2ccccc2[N+](=O)[O-])C(C(=O)OCCNC(=O)c2ccccc2O)=C(C)N1. The Kier molecular flexibility index (Phi) is 10.8. The zero-order chi connectivity index (χ0) is 33.2. The summed E-state index contributed by atoms with van der Waals surface area (Å²) in [5.74, 6) is -4.21. The van der Waals surface area contributed by atoms with Gasteiger partial charge in [0.05, 0.1) is 46.2 Å². The Labute approximate surface area is 263 Å². The van der Waals surface area contributed by atoms with E-state index >= 15 is 0 Å². The summed E-state index contributed by atoms with van der Waals surface area (Å²) < 4.78 is 10.9. The van der Waals surface area contributed by atoms with Crippen molar-refractivity contribution in [1.29, 1.82) is 0 Å². The summed E-state index contributed by atoms with van der Waals surface area (Å²) in [6, 6.07) is 14.8. The van der Waals surface area contributed by atoms with E-state index < -0.39 is 34.6 Å². The Morgan fingerprint density at radius 2 is 1.46 bits per heavy atom. The molecule has 0 bridgehead atoms. The van der Waals surface area contributed by atoms with Crippen molar-refractivity contribution in [3.63, 3.8) is 0 Å². The second-order valence-corrected chi connectivity index (χ2v) is 9.99. The van der Waals surface area contributed by atoms with Crippen molar-refractivity contribution in [2.45, 2.75) is 19.8 Å². The van der Waals surface area contributed by atoms with Gasteiger partial charge in [-0.2, -0.15) is 0 Å². The van der Waals surface area contributed by atoms with Gasteiger partial charge < -0.3 is 30.5 Å². The Hall–Kier alpha value is -6.05. The lowest BCUT2D eigenvalue weighted by Gasteiger charge is -2.30. The molecule has 1 aliphatic heterocycles. The number of aromatic hydroxyl groups is 1. The summed E-state index contributed by atoms with van der Waals surface area (Å²) in [6.07, 6.45) is 2.91. The molecule has 0 radical (unpaired) electrons. The van der Waals surface area contributed by atoms with Gasteiger partial charge in [-0.15, -0.1) is 0 Å². The number of pyridine rings is 1. The predicted octanol–water partition coefficient (Wildman–Crippen LogP) is 2.88. The van der Waals surface area contributed by atoms with E-state index in [0.29, 0.717) is 17.0 Å². The first-order chi connectivity index (χ1) is 22.1. The molecule has 1 aromatic heterocycles. The minimum absolute atomic E-state index is 0.0361. The molecule has 1 aliphatic rings. The van der Waals surface area contributed by atoms with Gasteiger partial charge in [0.2, 0.25) is 0 Å². The summed E-state index contributed by atoms with van der Waals surface area (Å²) in [6.45, 7) is 2.48. The number of para-hydroxylation sites is 2. The van der Waals surface area contributed by atoms with Crippen LogP contribution in [0.5, 0.6) is 5.75 Å². The topological polar surface area (TPSA) is 199 Å². The lowest BCUT2D eigenvalue weighted by atomic mass is 9.79. The van der Waals surface area contributed by atoms with E-state index in [0.717, 1.165) is 0 Å². The smallest absolute Gasteiger partial charge is 0.336 e. The number of esters is 2. The maximum atomic E-state index is 13.5. The van der Waals surface area contributed by atoms with Crippen LogP contribution in [0.3, 0.4) is 0 Å². The van der Waals surface area contributed by atoms with Crippen molar-refractivity contribution in [3.8, 4) is 5.75 Å². The first-order valence-electron chi connectivity index (χ1n) is 14.1. The Morgan fingerprint density at radius 3 is 2.04 bits per heavy atom. The van der Waals surface area contributed by atoms with Crippen molar-refractivity contribution >= 4 is 29.4 Å². The molecular formula is C32H31N5O9. The molecular weight excluding hydrogens is 598 g/mol. The minimum atomic E-state index is -1.25. The maximum Gasteiger partial charge on any atom is 0.336 e. The van der Waals surface area contributed by atoms with Gasteiger partial charge in [-0.25, -0.2) is 9.59 Å². The Balaban J connectivity index is 1.51. The Morgan fingerprint density at radius 1 is 0.870 bits per heavy atom. The highest BCUT2D eigenvalue weighted by atomic mass is 16.6. The number of amides is 2. The van der Waals surface area contributed by atoms with Crippen molar-refractivity contribution < 1.29 is 38.7 Å². The van der Waals surface area contributed by atoms with E-state index in [2.05, 4.69) is 20.9 Å². The molecule has 0 aliphatic carbocycles. The second-order valence-electron chi connectivity index (χ2n) is 9.99. The molecule has 14 nitrogen and oxygen atoms in total. The third-order valence-electron chi connectivity index (χ3n) is 6.96. The van der Waals surface area contributed by atoms with E-state index in [1.165, 1.54) is 42.7 Å². The van der Waals surface area contributed by atoms with Crippen LogP contribution in [-0.4, -0.2) is 65.1 Å². The number of aromatic nitrogens is 1. The lowest BCUT2D eigenvalue weighted by Crippen LogP contribution is -2.35. The quantitative estimate of drug-likeness (QED) is 0.0994. The number of dihydropyridines is 1. The minimum Gasteiger partial charge on any atom is -0.507 e. The number of nitro groups is 1. The molecule has 3 aromatic rings. The molecule has 0 spiro atoms. The molecule has 46 heavy (non-hydrogen) atoms. The number of phenols is 1. The fraction of sp³-hybridized carbons (Fsp3) is 0.219. The van der Waals surface area contributed by atoms with Crippen molar-refractivity contribution in [1.82, 2.24) is 20.9 Å². The predicted molar refractivity (Wildman–Crippen MR) is 163 cm³/mol. The first-order valence-corrected chi connectivity index (χ1v) is 14.1. The molecule has 4 N–H and O–H groups in total. The highest BCUT2D eigenvalue weighted by Gasteiger charge is 2.41. The number of carbonyl (C=O) groups excluding carboxylic acids is 4. The van der Waals surface area contributed by atoms with Crippen molar-refractivity contribution in [2.24, 2.45) is 0 Å². The molecule has 1 atom stereocenters. The number of hydrogen-bond donors (Lipinski definition) is 4. The number of ether oxygens (including phenoxy) is 2. The number of carbonyl (C=O) groups is 4. The van der Waals surface area contributed by atoms with Crippen molar-refractivity contribution in [2.75, 3.05) is 26.3 Å². The maximum absolute atomic E-state index is 13.5. The molecule has 4 rings (SSSR count). The number of hydrogen-bond acceptors (Lipinski definition) is 11. The average molecular weight is 630 g/mol. The molecule has 0 saturated heterocycles. The van der Waals surface area contributed by atoms with E-state index in [-0.39, 0.29) is 60.0 Å². The third-order valence-corrected chi connectivity index (χ3v) is 6.96. The van der Waals surface area contributed by atoms with Gasteiger partial charge in [0, 0.05) is 35.4 Å². The van der Waals surface area contributed by atoms with E-state index in [1.54, 1.807) is 44.2 Å². The number of nitro benzene ring substituents is 1. The monoisotopic (exact) mass is 629 g/mol. The number of rotatable bonds is 12. The van der Waals surface area contributed by atoms with Gasteiger partial charge >= 0.3 is 11.9 Å². The molecule has 238 valence electrons. The molecule has 2 amide bonds. The molecule has 14 heteroatoms. The lowest BCUT2D eigenvalue weighted by molar-refractivity contribution is -0.385. The van der Waals surface area contributed by atoms with Crippen LogP contribution in [0.15, 0.2) is 95.6 Å². The molecule has 0 unspecified atom stereocenters. The molecule has 2 heterocycles. The first kappa shape index (κ1) is 32.9. The number of phenolic OH excluding ortho intramolecular Hbond substituents is 1.